The van der Waals surface area contributed by atoms with Gasteiger partial charge in [-0.2, -0.15) is 0 Å². The zero-order chi connectivity index (χ0) is 17.5. The Bertz CT molecular complexity index is 543. The Hall–Kier alpha value is -1.88. The highest BCUT2D eigenvalue weighted by atomic mass is 16.2. The van der Waals surface area contributed by atoms with Gasteiger partial charge in [-0.3, -0.25) is 14.5 Å². The van der Waals surface area contributed by atoms with Crippen LogP contribution in [0.15, 0.2) is 30.3 Å². The number of nitrogens with one attached hydrogen (secondary N) is 1. The second-order valence-corrected chi connectivity index (χ2v) is 6.75. The van der Waals surface area contributed by atoms with Crippen molar-refractivity contribution in [1.29, 1.82) is 0 Å². The minimum absolute atomic E-state index is 0.00166. The first-order valence-electron chi connectivity index (χ1n) is 8.73. The Morgan fingerprint density at radius 1 is 1.25 bits per heavy atom. The second kappa shape index (κ2) is 8.83. The van der Waals surface area contributed by atoms with Crippen molar-refractivity contribution in [2.24, 2.45) is 5.92 Å². The predicted molar refractivity (Wildman–Crippen MR) is 95.4 cm³/mol. The summed E-state index contributed by atoms with van der Waals surface area (Å²) in [7, 11) is 3.52. The molecule has 132 valence electrons. The molecule has 5 nitrogen and oxygen atoms in total. The van der Waals surface area contributed by atoms with Gasteiger partial charge in [0.15, 0.2) is 0 Å². The summed E-state index contributed by atoms with van der Waals surface area (Å²) < 4.78 is 0. The first-order valence-corrected chi connectivity index (χ1v) is 8.73. The molecule has 1 atom stereocenters. The largest absolute Gasteiger partial charge is 0.359 e. The number of hydrogen-bond acceptors (Lipinski definition) is 3. The van der Waals surface area contributed by atoms with Crippen LogP contribution in [0.3, 0.4) is 0 Å². The monoisotopic (exact) mass is 331 g/mol. The lowest BCUT2D eigenvalue weighted by Gasteiger charge is -2.31. The molecule has 0 radical (unpaired) electrons. The predicted octanol–water partition coefficient (Wildman–Crippen LogP) is 1.88. The van der Waals surface area contributed by atoms with Gasteiger partial charge in [-0.1, -0.05) is 30.3 Å². The van der Waals surface area contributed by atoms with Crippen molar-refractivity contribution in [1.82, 2.24) is 15.1 Å². The number of amides is 2. The van der Waals surface area contributed by atoms with E-state index in [2.05, 4.69) is 24.4 Å². The van der Waals surface area contributed by atoms with Crippen molar-refractivity contribution in [3.8, 4) is 0 Å². The van der Waals surface area contributed by atoms with E-state index in [0.29, 0.717) is 32.0 Å². The maximum atomic E-state index is 12.8. The number of rotatable bonds is 9. The van der Waals surface area contributed by atoms with E-state index in [1.807, 2.05) is 35.0 Å². The molecular formula is C19H29N3O2. The van der Waals surface area contributed by atoms with Crippen LogP contribution in [0.25, 0.3) is 0 Å². The molecule has 5 heteroatoms. The fourth-order valence-corrected chi connectivity index (χ4v) is 2.89. The summed E-state index contributed by atoms with van der Waals surface area (Å²) in [5, 5.41) is 2.61. The van der Waals surface area contributed by atoms with E-state index in [9.17, 15) is 9.59 Å². The van der Waals surface area contributed by atoms with Crippen molar-refractivity contribution in [3.05, 3.63) is 35.9 Å². The molecule has 0 aliphatic heterocycles. The molecule has 1 aliphatic rings. The fraction of sp³-hybridized carbons (Fsp3) is 0.579. The van der Waals surface area contributed by atoms with Crippen molar-refractivity contribution in [3.63, 3.8) is 0 Å². The molecule has 0 heterocycles. The molecule has 1 fully saturated rings. The van der Waals surface area contributed by atoms with Crippen LogP contribution in [0.1, 0.15) is 31.7 Å². The van der Waals surface area contributed by atoms with E-state index in [4.69, 9.17) is 0 Å². The lowest BCUT2D eigenvalue weighted by Crippen LogP contribution is -2.44. The summed E-state index contributed by atoms with van der Waals surface area (Å²) in [5.74, 6) is 0.772. The van der Waals surface area contributed by atoms with Gasteiger partial charge in [-0.05, 0) is 38.3 Å². The number of hydrogen-bond donors (Lipinski definition) is 1. The third kappa shape index (κ3) is 5.64. The van der Waals surface area contributed by atoms with E-state index >= 15 is 0 Å². The van der Waals surface area contributed by atoms with E-state index < -0.39 is 0 Å². The second-order valence-electron chi connectivity index (χ2n) is 6.75. The summed E-state index contributed by atoms with van der Waals surface area (Å²) >= 11 is 0. The van der Waals surface area contributed by atoms with E-state index in [-0.39, 0.29) is 17.9 Å². The summed E-state index contributed by atoms with van der Waals surface area (Å²) in [4.78, 5) is 28.1. The van der Waals surface area contributed by atoms with Gasteiger partial charge < -0.3 is 10.2 Å². The van der Waals surface area contributed by atoms with Crippen LogP contribution in [0.2, 0.25) is 0 Å². The molecule has 1 aromatic carbocycles. The van der Waals surface area contributed by atoms with Gasteiger partial charge in [-0.25, -0.2) is 0 Å². The molecule has 1 saturated carbocycles. The van der Waals surface area contributed by atoms with E-state index in [1.54, 1.807) is 7.05 Å². The van der Waals surface area contributed by atoms with Gasteiger partial charge in [0.25, 0.3) is 0 Å². The summed E-state index contributed by atoms with van der Waals surface area (Å²) in [6, 6.07) is 10.4. The molecule has 24 heavy (non-hydrogen) atoms. The Morgan fingerprint density at radius 3 is 2.50 bits per heavy atom. The number of likely N-dealkylation sites (N-methyl/N-ethyl adjacent to an activating group) is 1. The first kappa shape index (κ1) is 18.5. The smallest absolute Gasteiger partial charge is 0.237 e. The van der Waals surface area contributed by atoms with Crippen LogP contribution in [0.4, 0.5) is 0 Å². The average molecular weight is 331 g/mol. The molecule has 2 rings (SSSR count). The highest BCUT2D eigenvalue weighted by molar-refractivity contribution is 5.79. The Kier molecular flexibility index (Phi) is 6.79. The van der Waals surface area contributed by atoms with Gasteiger partial charge in [-0.15, -0.1) is 0 Å². The summed E-state index contributed by atoms with van der Waals surface area (Å²) in [6.07, 6.45) is 2.84. The van der Waals surface area contributed by atoms with Gasteiger partial charge in [0.2, 0.25) is 11.8 Å². The van der Waals surface area contributed by atoms with Crippen LogP contribution >= 0.6 is 0 Å². The highest BCUT2D eigenvalue weighted by Crippen LogP contribution is 2.35. The Morgan fingerprint density at radius 2 is 1.92 bits per heavy atom. The number of benzene rings is 1. The molecule has 1 aromatic rings. The normalized spacial score (nSPS) is 15.2. The first-order chi connectivity index (χ1) is 11.5. The molecule has 2 amide bonds. The number of carbonyl (C=O) groups is 2. The standard InChI is InChI=1S/C19H29N3O2/c1-15(17-9-10-17)22(13-16-7-5-4-6-8-16)19(24)14-21(3)12-11-18(23)20-2/h4-8,15,17H,9-14H2,1-3H3,(H,20,23)/t15-/m0/s1. The van der Waals surface area contributed by atoms with Crippen molar-refractivity contribution >= 4 is 11.8 Å². The van der Waals surface area contributed by atoms with E-state index in [0.717, 1.165) is 5.56 Å². The van der Waals surface area contributed by atoms with Crippen molar-refractivity contribution in [2.45, 2.75) is 38.8 Å². The average Bonchev–Trinajstić information content (AvgIpc) is 3.42. The molecule has 0 aromatic heterocycles. The van der Waals surface area contributed by atoms with E-state index in [1.165, 1.54) is 12.8 Å². The minimum Gasteiger partial charge on any atom is -0.359 e. The van der Waals surface area contributed by atoms with Gasteiger partial charge in [0.05, 0.1) is 6.54 Å². The van der Waals surface area contributed by atoms with Crippen LogP contribution in [0.5, 0.6) is 0 Å². The number of carbonyl (C=O) groups excluding carboxylic acids is 2. The Labute approximate surface area is 145 Å². The maximum absolute atomic E-state index is 12.8. The molecule has 0 saturated heterocycles. The zero-order valence-corrected chi connectivity index (χ0v) is 15.0. The zero-order valence-electron chi connectivity index (χ0n) is 15.0. The van der Waals surface area contributed by atoms with Crippen LogP contribution in [0, 0.1) is 5.92 Å². The molecule has 0 unspecified atom stereocenters. The molecular weight excluding hydrogens is 302 g/mol. The van der Waals surface area contributed by atoms with Crippen molar-refractivity contribution in [2.75, 3.05) is 27.2 Å². The SMILES string of the molecule is CNC(=O)CCN(C)CC(=O)N(Cc1ccccc1)[C@@H](C)C1CC1. The topological polar surface area (TPSA) is 52.7 Å². The van der Waals surface area contributed by atoms with Gasteiger partial charge >= 0.3 is 0 Å². The third-order valence-corrected chi connectivity index (χ3v) is 4.72. The molecule has 0 spiro atoms. The fourth-order valence-electron chi connectivity index (χ4n) is 2.89. The molecule has 1 N–H and O–H groups in total. The quantitative estimate of drug-likeness (QED) is 0.752. The summed E-state index contributed by atoms with van der Waals surface area (Å²) in [5.41, 5.74) is 1.16. The summed E-state index contributed by atoms with van der Waals surface area (Å²) in [6.45, 7) is 3.74. The highest BCUT2D eigenvalue weighted by Gasteiger charge is 2.34. The minimum atomic E-state index is 0.00166. The van der Waals surface area contributed by atoms with Crippen LogP contribution < -0.4 is 5.32 Å². The van der Waals surface area contributed by atoms with Crippen LogP contribution in [-0.4, -0.2) is 54.8 Å². The third-order valence-electron chi connectivity index (χ3n) is 4.72. The van der Waals surface area contributed by atoms with Crippen molar-refractivity contribution < 1.29 is 9.59 Å². The lowest BCUT2D eigenvalue weighted by atomic mass is 10.1. The number of nitrogens with zero attached hydrogens (tertiary/aromatic N) is 2. The molecule has 0 bridgehead atoms. The Balaban J connectivity index is 1.95. The van der Waals surface area contributed by atoms with Crippen LogP contribution in [-0.2, 0) is 16.1 Å². The lowest BCUT2D eigenvalue weighted by molar-refractivity contribution is -0.135. The maximum Gasteiger partial charge on any atom is 0.237 e. The van der Waals surface area contributed by atoms with Gasteiger partial charge in [0, 0.05) is 32.6 Å². The molecule has 1 aliphatic carbocycles. The van der Waals surface area contributed by atoms with Gasteiger partial charge in [0.1, 0.15) is 0 Å².